The van der Waals surface area contributed by atoms with Crippen LogP contribution in [-0.2, 0) is 4.79 Å². The highest BCUT2D eigenvalue weighted by molar-refractivity contribution is 5.77. The highest BCUT2D eigenvalue weighted by atomic mass is 16.1. The molecule has 0 aromatic carbocycles. The van der Waals surface area contributed by atoms with Crippen LogP contribution in [0, 0.1) is 5.92 Å². The summed E-state index contributed by atoms with van der Waals surface area (Å²) in [6.07, 6.45) is 3.66. The van der Waals surface area contributed by atoms with Gasteiger partial charge in [-0.1, -0.05) is 0 Å². The molecule has 0 saturated carbocycles. The monoisotopic (exact) mass is 199 g/mol. The molecule has 0 aromatic heterocycles. The Hall–Kier alpha value is -0.610. The Labute approximate surface area is 85.8 Å². The number of nitrogens with zero attached hydrogens (tertiary/aromatic N) is 1. The van der Waals surface area contributed by atoms with Crippen molar-refractivity contribution in [3.8, 4) is 0 Å². The van der Waals surface area contributed by atoms with Gasteiger partial charge in [0.25, 0.3) is 0 Å². The number of nitrogens with two attached hydrogens (primary N) is 1. The molecule has 1 rings (SSSR count). The predicted molar refractivity (Wildman–Crippen MR) is 56.9 cm³/mol. The van der Waals surface area contributed by atoms with Crippen molar-refractivity contribution in [1.29, 1.82) is 0 Å². The van der Waals surface area contributed by atoms with Gasteiger partial charge >= 0.3 is 0 Å². The van der Waals surface area contributed by atoms with Gasteiger partial charge in [-0.15, -0.1) is 0 Å². The number of rotatable bonds is 4. The van der Waals surface area contributed by atoms with Gasteiger partial charge in [0.15, 0.2) is 0 Å². The van der Waals surface area contributed by atoms with Gasteiger partial charge < -0.3 is 16.0 Å². The number of hydrogen-bond acceptors (Lipinski definition) is 3. The van der Waals surface area contributed by atoms with E-state index in [0.29, 0.717) is 0 Å². The first-order valence-corrected chi connectivity index (χ1v) is 5.37. The summed E-state index contributed by atoms with van der Waals surface area (Å²) in [5.41, 5.74) is 5.19. The summed E-state index contributed by atoms with van der Waals surface area (Å²) in [5, 5.41) is 2.81. The van der Waals surface area contributed by atoms with Gasteiger partial charge in [-0.05, 0) is 38.8 Å². The molecule has 1 amide bonds. The van der Waals surface area contributed by atoms with E-state index in [1.54, 1.807) is 0 Å². The third-order valence-electron chi connectivity index (χ3n) is 2.78. The summed E-state index contributed by atoms with van der Waals surface area (Å²) in [6.45, 7) is 3.25. The van der Waals surface area contributed by atoms with Crippen molar-refractivity contribution in [2.24, 2.45) is 11.7 Å². The number of carbonyl (C=O) groups excluding carboxylic acids is 1. The second-order valence-electron chi connectivity index (χ2n) is 4.11. The second kappa shape index (κ2) is 5.98. The molecule has 0 bridgehead atoms. The molecule has 14 heavy (non-hydrogen) atoms. The first kappa shape index (κ1) is 11.5. The summed E-state index contributed by atoms with van der Waals surface area (Å²) in [4.78, 5) is 13.2. The third-order valence-corrected chi connectivity index (χ3v) is 2.78. The largest absolute Gasteiger partial charge is 0.355 e. The van der Waals surface area contributed by atoms with E-state index in [4.69, 9.17) is 5.73 Å². The molecule has 1 atom stereocenters. The number of hydrogen-bond donors (Lipinski definition) is 2. The lowest BCUT2D eigenvalue weighted by atomic mass is 9.95. The third kappa shape index (κ3) is 4.07. The number of carbonyl (C=O) groups is 1. The van der Waals surface area contributed by atoms with Crippen LogP contribution in [0.2, 0.25) is 0 Å². The Bertz CT molecular complexity index is 184. The first-order valence-electron chi connectivity index (χ1n) is 5.37. The quantitative estimate of drug-likeness (QED) is 0.659. The summed E-state index contributed by atoms with van der Waals surface area (Å²) in [7, 11) is 2.16. The van der Waals surface area contributed by atoms with Crippen molar-refractivity contribution in [2.75, 3.05) is 33.2 Å². The van der Waals surface area contributed by atoms with E-state index in [-0.39, 0.29) is 12.5 Å². The fraction of sp³-hybridized carbons (Fsp3) is 0.900. The van der Waals surface area contributed by atoms with Crippen LogP contribution in [0.5, 0.6) is 0 Å². The Balaban J connectivity index is 2.08. The van der Waals surface area contributed by atoms with Crippen LogP contribution in [0.4, 0.5) is 0 Å². The molecule has 1 heterocycles. The molecule has 4 nitrogen and oxygen atoms in total. The lowest BCUT2D eigenvalue weighted by molar-refractivity contribution is -0.119. The van der Waals surface area contributed by atoms with Crippen LogP contribution in [0.3, 0.4) is 0 Å². The molecule has 0 spiro atoms. The molecule has 0 aromatic rings. The van der Waals surface area contributed by atoms with E-state index in [0.717, 1.165) is 18.9 Å². The van der Waals surface area contributed by atoms with Crippen molar-refractivity contribution in [1.82, 2.24) is 10.2 Å². The van der Waals surface area contributed by atoms with Crippen LogP contribution < -0.4 is 11.1 Å². The normalized spacial score (nSPS) is 23.4. The topological polar surface area (TPSA) is 58.4 Å². The number of likely N-dealkylation sites (tertiary alicyclic amines) is 1. The zero-order valence-corrected chi connectivity index (χ0v) is 8.96. The number of amides is 1. The Kier molecular flexibility index (Phi) is 4.90. The van der Waals surface area contributed by atoms with Gasteiger partial charge in [0.1, 0.15) is 0 Å². The highest BCUT2D eigenvalue weighted by Crippen LogP contribution is 2.17. The van der Waals surface area contributed by atoms with Gasteiger partial charge in [0.2, 0.25) is 5.91 Å². The van der Waals surface area contributed by atoms with E-state index >= 15 is 0 Å². The molecule has 4 heteroatoms. The van der Waals surface area contributed by atoms with Crippen molar-refractivity contribution in [2.45, 2.75) is 19.3 Å². The molecule has 1 fully saturated rings. The van der Waals surface area contributed by atoms with Crippen LogP contribution in [-0.4, -0.2) is 44.0 Å². The molecule has 0 aliphatic carbocycles. The van der Waals surface area contributed by atoms with Gasteiger partial charge in [-0.3, -0.25) is 4.79 Å². The minimum atomic E-state index is -0.0471. The number of piperidine rings is 1. The van der Waals surface area contributed by atoms with Crippen LogP contribution >= 0.6 is 0 Å². The van der Waals surface area contributed by atoms with Crippen molar-refractivity contribution in [3.05, 3.63) is 0 Å². The lowest BCUT2D eigenvalue weighted by Gasteiger charge is -2.29. The lowest BCUT2D eigenvalue weighted by Crippen LogP contribution is -2.36. The molecule has 1 saturated heterocycles. The Morgan fingerprint density at radius 3 is 3.07 bits per heavy atom. The SMILES string of the molecule is CN1CCCC(CCNC(=O)CN)C1. The Morgan fingerprint density at radius 2 is 2.43 bits per heavy atom. The fourth-order valence-electron chi connectivity index (χ4n) is 2.00. The maximum Gasteiger partial charge on any atom is 0.233 e. The second-order valence-corrected chi connectivity index (χ2v) is 4.11. The molecular formula is C10H21N3O. The maximum absolute atomic E-state index is 10.9. The summed E-state index contributed by atoms with van der Waals surface area (Å²) < 4.78 is 0. The summed E-state index contributed by atoms with van der Waals surface area (Å²) in [5.74, 6) is 0.695. The van der Waals surface area contributed by atoms with Gasteiger partial charge in [-0.25, -0.2) is 0 Å². The van der Waals surface area contributed by atoms with E-state index in [9.17, 15) is 4.79 Å². The minimum absolute atomic E-state index is 0.0471. The van der Waals surface area contributed by atoms with Crippen molar-refractivity contribution >= 4 is 5.91 Å². The molecule has 0 radical (unpaired) electrons. The molecule has 1 unspecified atom stereocenters. The Morgan fingerprint density at radius 1 is 1.64 bits per heavy atom. The molecule has 82 valence electrons. The molecular weight excluding hydrogens is 178 g/mol. The smallest absolute Gasteiger partial charge is 0.233 e. The van der Waals surface area contributed by atoms with E-state index in [2.05, 4.69) is 17.3 Å². The minimum Gasteiger partial charge on any atom is -0.355 e. The predicted octanol–water partition coefficient (Wildman–Crippen LogP) is -0.207. The highest BCUT2D eigenvalue weighted by Gasteiger charge is 2.16. The van der Waals surface area contributed by atoms with Crippen LogP contribution in [0.25, 0.3) is 0 Å². The van der Waals surface area contributed by atoms with E-state index in [1.165, 1.54) is 25.9 Å². The molecule has 1 aliphatic heterocycles. The molecule has 3 N–H and O–H groups in total. The van der Waals surface area contributed by atoms with Crippen LogP contribution in [0.1, 0.15) is 19.3 Å². The number of nitrogens with one attached hydrogen (secondary N) is 1. The van der Waals surface area contributed by atoms with Gasteiger partial charge in [0.05, 0.1) is 6.54 Å². The summed E-state index contributed by atoms with van der Waals surface area (Å²) in [6, 6.07) is 0. The maximum atomic E-state index is 10.9. The van der Waals surface area contributed by atoms with E-state index < -0.39 is 0 Å². The zero-order valence-electron chi connectivity index (χ0n) is 8.96. The van der Waals surface area contributed by atoms with Crippen LogP contribution in [0.15, 0.2) is 0 Å². The zero-order chi connectivity index (χ0) is 10.4. The first-order chi connectivity index (χ1) is 6.72. The van der Waals surface area contributed by atoms with E-state index in [1.807, 2.05) is 0 Å². The van der Waals surface area contributed by atoms with Crippen molar-refractivity contribution < 1.29 is 4.79 Å². The fourth-order valence-corrected chi connectivity index (χ4v) is 2.00. The average molecular weight is 199 g/mol. The van der Waals surface area contributed by atoms with Gasteiger partial charge in [-0.2, -0.15) is 0 Å². The van der Waals surface area contributed by atoms with Gasteiger partial charge in [0, 0.05) is 13.1 Å². The van der Waals surface area contributed by atoms with Crippen molar-refractivity contribution in [3.63, 3.8) is 0 Å². The standard InChI is InChI=1S/C10H21N3O/c1-13-6-2-3-9(8-13)4-5-12-10(14)7-11/h9H,2-8,11H2,1H3,(H,12,14). The average Bonchev–Trinajstić information content (AvgIpc) is 2.17. The molecule has 1 aliphatic rings. The summed E-state index contributed by atoms with van der Waals surface area (Å²) >= 11 is 0.